The number of benzene rings is 1. The maximum absolute atomic E-state index is 13.8. The Morgan fingerprint density at radius 2 is 2.06 bits per heavy atom. The fourth-order valence-electron chi connectivity index (χ4n) is 1.76. The van der Waals surface area contributed by atoms with E-state index in [4.69, 9.17) is 11.6 Å². The normalized spacial score (nSPS) is 12.4. The lowest BCUT2D eigenvalue weighted by Crippen LogP contribution is -2.30. The summed E-state index contributed by atoms with van der Waals surface area (Å²) in [5.41, 5.74) is 9.39. The van der Waals surface area contributed by atoms with Crippen molar-refractivity contribution in [2.24, 2.45) is 5.84 Å². The summed E-state index contributed by atoms with van der Waals surface area (Å²) < 4.78 is 14.6. The number of hydrogen-bond donors (Lipinski definition) is 3. The van der Waals surface area contributed by atoms with Gasteiger partial charge in [-0.3, -0.25) is 5.84 Å². The molecular weight excluding hydrogens is 299 g/mol. The lowest BCUT2D eigenvalue weighted by atomic mass is 9.99. The highest BCUT2D eigenvalue weighted by Crippen LogP contribution is 2.28. The van der Waals surface area contributed by atoms with Crippen LogP contribution in [0.25, 0.3) is 0 Å². The predicted octanol–water partition coefficient (Wildman–Crippen LogP) is 2.12. The summed E-state index contributed by atoms with van der Waals surface area (Å²) >= 11 is 3.30. The second-order valence-electron chi connectivity index (χ2n) is 3.74. The summed E-state index contributed by atoms with van der Waals surface area (Å²) in [5, 5.41) is 0. The second kappa shape index (κ2) is 5.43. The van der Waals surface area contributed by atoms with Crippen LogP contribution in [0.1, 0.15) is 17.2 Å². The molecule has 1 atom stereocenters. The molecule has 1 aromatic carbocycles. The van der Waals surface area contributed by atoms with E-state index in [0.29, 0.717) is 16.9 Å². The highest BCUT2D eigenvalue weighted by molar-refractivity contribution is 9.10. The zero-order valence-electron chi connectivity index (χ0n) is 9.40. The minimum atomic E-state index is -0.545. The molecule has 1 aromatic heterocycles. The van der Waals surface area contributed by atoms with Gasteiger partial charge in [0.15, 0.2) is 0 Å². The third-order valence-corrected chi connectivity index (χ3v) is 3.11. The van der Waals surface area contributed by atoms with Gasteiger partial charge in [-0.15, -0.1) is 0 Å². The Balaban J connectivity index is 2.52. The van der Waals surface area contributed by atoms with Crippen LogP contribution in [0, 0.1) is 5.82 Å². The van der Waals surface area contributed by atoms with Crippen LogP contribution >= 0.6 is 15.9 Å². The van der Waals surface area contributed by atoms with Crippen LogP contribution in [0.3, 0.4) is 0 Å². The van der Waals surface area contributed by atoms with Crippen LogP contribution in [0.15, 0.2) is 41.0 Å². The van der Waals surface area contributed by atoms with E-state index in [2.05, 4.69) is 26.3 Å². The summed E-state index contributed by atoms with van der Waals surface area (Å²) in [5.74, 6) is 5.47. The third-order valence-electron chi connectivity index (χ3n) is 2.62. The summed E-state index contributed by atoms with van der Waals surface area (Å²) in [4.78, 5) is 3.97. The minimum absolute atomic E-state index is 0.319. The molecule has 0 aliphatic rings. The summed E-state index contributed by atoms with van der Waals surface area (Å²) in [7, 11) is 0. The highest BCUT2D eigenvalue weighted by atomic mass is 79.9. The molecule has 18 heavy (non-hydrogen) atoms. The minimum Gasteiger partial charge on any atom is -0.383 e. The Labute approximate surface area is 112 Å². The van der Waals surface area contributed by atoms with Gasteiger partial charge in [-0.05, 0) is 24.3 Å². The summed E-state index contributed by atoms with van der Waals surface area (Å²) in [6, 6.07) is 7.59. The largest absolute Gasteiger partial charge is 0.383 e. The first kappa shape index (κ1) is 12.9. The fourth-order valence-corrected chi connectivity index (χ4v) is 2.14. The van der Waals surface area contributed by atoms with Gasteiger partial charge >= 0.3 is 0 Å². The molecule has 0 bridgehead atoms. The molecule has 2 rings (SSSR count). The molecule has 2 aromatic rings. The van der Waals surface area contributed by atoms with Crippen LogP contribution in [0.4, 0.5) is 10.2 Å². The number of nitrogens with two attached hydrogens (primary N) is 2. The van der Waals surface area contributed by atoms with Gasteiger partial charge in [0, 0.05) is 21.8 Å². The van der Waals surface area contributed by atoms with Gasteiger partial charge in [-0.1, -0.05) is 22.0 Å². The van der Waals surface area contributed by atoms with Gasteiger partial charge < -0.3 is 5.73 Å². The van der Waals surface area contributed by atoms with E-state index < -0.39 is 6.04 Å². The highest BCUT2D eigenvalue weighted by Gasteiger charge is 2.19. The van der Waals surface area contributed by atoms with Crippen LogP contribution in [0.5, 0.6) is 0 Å². The topological polar surface area (TPSA) is 77.0 Å². The Bertz CT molecular complexity index is 562. The van der Waals surface area contributed by atoms with Gasteiger partial charge in [0.05, 0.1) is 6.04 Å². The molecule has 0 saturated heterocycles. The first-order valence-electron chi connectivity index (χ1n) is 5.25. The quantitative estimate of drug-likeness (QED) is 0.599. The van der Waals surface area contributed by atoms with Crippen molar-refractivity contribution < 1.29 is 4.39 Å². The number of aromatic nitrogens is 1. The van der Waals surface area contributed by atoms with Crippen molar-refractivity contribution in [2.75, 3.05) is 5.73 Å². The van der Waals surface area contributed by atoms with Crippen LogP contribution in [-0.2, 0) is 0 Å². The number of hydrazine groups is 1. The molecule has 4 nitrogen and oxygen atoms in total. The van der Waals surface area contributed by atoms with Gasteiger partial charge in [0.25, 0.3) is 0 Å². The number of anilines is 1. The van der Waals surface area contributed by atoms with Crippen molar-refractivity contribution in [3.63, 3.8) is 0 Å². The van der Waals surface area contributed by atoms with Crippen molar-refractivity contribution in [2.45, 2.75) is 6.04 Å². The van der Waals surface area contributed by atoms with Crippen molar-refractivity contribution in [1.29, 1.82) is 0 Å². The lowest BCUT2D eigenvalue weighted by molar-refractivity contribution is 0.560. The Morgan fingerprint density at radius 1 is 1.28 bits per heavy atom. The van der Waals surface area contributed by atoms with E-state index in [9.17, 15) is 4.39 Å². The molecule has 6 heteroatoms. The van der Waals surface area contributed by atoms with E-state index in [0.717, 1.165) is 4.47 Å². The maximum atomic E-state index is 13.8. The average molecular weight is 311 g/mol. The zero-order chi connectivity index (χ0) is 13.1. The lowest BCUT2D eigenvalue weighted by Gasteiger charge is -2.18. The summed E-state index contributed by atoms with van der Waals surface area (Å²) in [6.45, 7) is 0. The van der Waals surface area contributed by atoms with Gasteiger partial charge in [0.1, 0.15) is 11.6 Å². The van der Waals surface area contributed by atoms with Gasteiger partial charge in [0.2, 0.25) is 0 Å². The van der Waals surface area contributed by atoms with Crippen molar-refractivity contribution in [1.82, 2.24) is 10.4 Å². The molecule has 1 unspecified atom stereocenters. The van der Waals surface area contributed by atoms with Crippen LogP contribution in [0.2, 0.25) is 0 Å². The molecule has 0 aliphatic carbocycles. The number of nitrogens with zero attached hydrogens (tertiary/aromatic N) is 1. The molecule has 0 aliphatic heterocycles. The molecule has 1 heterocycles. The first-order valence-corrected chi connectivity index (χ1v) is 6.04. The van der Waals surface area contributed by atoms with Gasteiger partial charge in [-0.2, -0.15) is 0 Å². The second-order valence-corrected chi connectivity index (χ2v) is 4.66. The Kier molecular flexibility index (Phi) is 3.90. The van der Waals surface area contributed by atoms with Gasteiger partial charge in [-0.25, -0.2) is 14.8 Å². The molecule has 0 amide bonds. The summed E-state index contributed by atoms with van der Waals surface area (Å²) in [6.07, 6.45) is 1.57. The van der Waals surface area contributed by atoms with E-state index in [1.807, 2.05) is 0 Å². The number of hydrogen-bond acceptors (Lipinski definition) is 4. The first-order chi connectivity index (χ1) is 8.63. The monoisotopic (exact) mass is 310 g/mol. The SMILES string of the molecule is NNC(c1cc(Br)ccc1F)c1cccnc1N. The number of nitrogen functional groups attached to an aromatic ring is 1. The van der Waals surface area contributed by atoms with Crippen LogP contribution < -0.4 is 17.0 Å². The zero-order valence-corrected chi connectivity index (χ0v) is 11.0. The molecule has 0 spiro atoms. The van der Waals surface area contributed by atoms with E-state index >= 15 is 0 Å². The molecule has 94 valence electrons. The smallest absolute Gasteiger partial charge is 0.128 e. The van der Waals surface area contributed by atoms with E-state index in [-0.39, 0.29) is 5.82 Å². The number of rotatable bonds is 3. The number of halogens is 2. The Hall–Kier alpha value is -1.50. The Morgan fingerprint density at radius 3 is 2.72 bits per heavy atom. The number of nitrogens with one attached hydrogen (secondary N) is 1. The van der Waals surface area contributed by atoms with Crippen LogP contribution in [-0.4, -0.2) is 4.98 Å². The third kappa shape index (κ3) is 2.50. The fraction of sp³-hybridized carbons (Fsp3) is 0.0833. The average Bonchev–Trinajstić information content (AvgIpc) is 2.36. The standard InChI is InChI=1S/C12H12BrFN4/c13-7-3-4-10(14)9(6-7)11(18-16)8-2-1-5-17-12(8)15/h1-6,11,18H,16H2,(H2,15,17). The van der Waals surface area contributed by atoms with Crippen molar-refractivity contribution >= 4 is 21.7 Å². The van der Waals surface area contributed by atoms with E-state index in [1.165, 1.54) is 6.07 Å². The molecule has 0 radical (unpaired) electrons. The molecule has 0 saturated carbocycles. The molecule has 5 N–H and O–H groups in total. The predicted molar refractivity (Wildman–Crippen MR) is 71.9 cm³/mol. The molecule has 0 fully saturated rings. The van der Waals surface area contributed by atoms with Crippen molar-refractivity contribution in [3.05, 3.63) is 57.9 Å². The number of pyridine rings is 1. The maximum Gasteiger partial charge on any atom is 0.128 e. The van der Waals surface area contributed by atoms with E-state index in [1.54, 1.807) is 30.5 Å². The molecular formula is C12H12BrFN4. The van der Waals surface area contributed by atoms with Crippen molar-refractivity contribution in [3.8, 4) is 0 Å².